The van der Waals surface area contributed by atoms with Gasteiger partial charge in [0.05, 0.1) is 26.4 Å². The maximum absolute atomic E-state index is 12.8. The second-order valence-corrected chi connectivity index (χ2v) is 11.1. The zero-order valence-corrected chi connectivity index (χ0v) is 23.9. The quantitative estimate of drug-likeness (QED) is 0.0876. The average Bonchev–Trinajstić information content (AvgIpc) is 3.34. The largest absolute Gasteiger partial charge is 0.394 e. The Labute approximate surface area is 256 Å². The van der Waals surface area contributed by atoms with Crippen LogP contribution in [0.2, 0.25) is 0 Å². The third kappa shape index (κ3) is 7.85. The van der Waals surface area contributed by atoms with Crippen molar-refractivity contribution in [3.63, 3.8) is 0 Å². The van der Waals surface area contributed by atoms with Crippen molar-refractivity contribution in [2.24, 2.45) is 0 Å². The van der Waals surface area contributed by atoms with E-state index in [1.807, 2.05) is 0 Å². The van der Waals surface area contributed by atoms with Crippen molar-refractivity contribution in [3.8, 4) is 0 Å². The molecule has 14 atom stereocenters. The van der Waals surface area contributed by atoms with Crippen LogP contribution in [0, 0.1) is 0 Å². The summed E-state index contributed by atoms with van der Waals surface area (Å²) >= 11 is 0. The van der Waals surface area contributed by atoms with E-state index in [9.17, 15) is 60.3 Å². The lowest BCUT2D eigenvalue weighted by molar-refractivity contribution is -0.362. The Morgan fingerprint density at radius 2 is 1.36 bits per heavy atom. The summed E-state index contributed by atoms with van der Waals surface area (Å²) in [4.78, 5) is 37.1. The predicted octanol–water partition coefficient (Wildman–Crippen LogP) is -7.06. The maximum Gasteiger partial charge on any atom is 0.253 e. The molecule has 19 nitrogen and oxygen atoms in total. The summed E-state index contributed by atoms with van der Waals surface area (Å²) in [5, 5.41) is 95.0. The molecule has 0 aliphatic carbocycles. The molecule has 3 saturated heterocycles. The maximum atomic E-state index is 12.8. The summed E-state index contributed by atoms with van der Waals surface area (Å²) in [6.07, 6.45) is -18.7. The molecular weight excluding hydrogens is 612 g/mol. The van der Waals surface area contributed by atoms with E-state index in [2.05, 4.69) is 5.32 Å². The number of imide groups is 1. The summed E-state index contributed by atoms with van der Waals surface area (Å²) in [6, 6.07) is -1.52. The van der Waals surface area contributed by atoms with Gasteiger partial charge in [0.15, 0.2) is 12.6 Å². The molecule has 10 N–H and O–H groups in total. The fourth-order valence-electron chi connectivity index (χ4n) is 5.48. The number of aliphatic hydroxyl groups is 9. The summed E-state index contributed by atoms with van der Waals surface area (Å²) < 4.78 is 27.7. The minimum Gasteiger partial charge on any atom is -0.394 e. The molecule has 0 saturated carbocycles. The van der Waals surface area contributed by atoms with Gasteiger partial charge >= 0.3 is 0 Å². The van der Waals surface area contributed by atoms with Gasteiger partial charge in [0.25, 0.3) is 11.8 Å². The van der Waals surface area contributed by atoms with Crippen molar-refractivity contribution in [1.82, 2.24) is 10.2 Å². The SMILES string of the molecule is O=C(CCCN1C(=O)C=CC1=O)NC1[C@H](O[C@@H]2C(CO)O[C@H](O[C@@H]3C(CO)OCC(O)[C@H]3O)C(O)[C@H]2O)OC(CO)[C@@H](O)[C@@H]1O. The van der Waals surface area contributed by atoms with Crippen LogP contribution in [0.5, 0.6) is 0 Å². The number of rotatable bonds is 12. The van der Waals surface area contributed by atoms with Crippen molar-refractivity contribution < 1.29 is 84.0 Å². The second-order valence-electron chi connectivity index (χ2n) is 11.1. The molecule has 3 fully saturated rings. The Bertz CT molecular complexity index is 1040. The molecule has 0 aromatic rings. The first-order chi connectivity index (χ1) is 21.4. The van der Waals surface area contributed by atoms with Gasteiger partial charge in [-0.05, 0) is 6.42 Å². The summed E-state index contributed by atoms with van der Waals surface area (Å²) in [5.41, 5.74) is 0. The first-order valence-corrected chi connectivity index (χ1v) is 14.4. The highest BCUT2D eigenvalue weighted by atomic mass is 16.7. The van der Waals surface area contributed by atoms with Crippen LogP contribution in [0.15, 0.2) is 12.2 Å². The standard InChI is InChI=1S/C26H40N2O17/c29-6-11-19(37)20(38)17(27-14(33)2-1-5-28-15(34)3-4-16(28)35)25(42-11)44-24-13(8-31)43-26(22(40)21(24)39)45-23-12(7-30)41-9-10(32)18(23)36/h3-4,10-13,17-26,29-32,36-40H,1-2,5-9H2,(H,27,33)/t10?,11?,12?,13?,17?,18-,19-,20-,21-,22?,23-,24-,25+,26-/m1/s1. The number of nitrogens with zero attached hydrogens (tertiary/aromatic N) is 1. The van der Waals surface area contributed by atoms with Crippen LogP contribution >= 0.6 is 0 Å². The molecule has 6 unspecified atom stereocenters. The Morgan fingerprint density at radius 3 is 1.98 bits per heavy atom. The molecule has 0 aromatic carbocycles. The van der Waals surface area contributed by atoms with E-state index in [-0.39, 0.29) is 26.0 Å². The predicted molar refractivity (Wildman–Crippen MR) is 141 cm³/mol. The van der Waals surface area contributed by atoms with Crippen molar-refractivity contribution in [3.05, 3.63) is 12.2 Å². The normalized spacial score (nSPS) is 42.3. The first kappa shape index (κ1) is 35.6. The number of carbonyl (C=O) groups excluding carboxylic acids is 3. The fourth-order valence-corrected chi connectivity index (χ4v) is 5.48. The molecule has 3 amide bonds. The van der Waals surface area contributed by atoms with Crippen molar-refractivity contribution in [2.75, 3.05) is 33.0 Å². The number of nitrogens with one attached hydrogen (secondary N) is 1. The van der Waals surface area contributed by atoms with Gasteiger partial charge in [-0.3, -0.25) is 19.3 Å². The average molecular weight is 653 g/mol. The summed E-state index contributed by atoms with van der Waals surface area (Å²) in [6.45, 7) is -2.63. The van der Waals surface area contributed by atoms with Gasteiger partial charge in [-0.1, -0.05) is 0 Å². The Balaban J connectivity index is 1.43. The van der Waals surface area contributed by atoms with E-state index < -0.39 is 123 Å². The van der Waals surface area contributed by atoms with E-state index in [1.54, 1.807) is 0 Å². The van der Waals surface area contributed by atoms with E-state index >= 15 is 0 Å². The van der Waals surface area contributed by atoms with Crippen molar-refractivity contribution in [1.29, 1.82) is 0 Å². The Morgan fingerprint density at radius 1 is 0.778 bits per heavy atom. The number of hydrogen-bond acceptors (Lipinski definition) is 17. The minimum atomic E-state index is -1.92. The zero-order chi connectivity index (χ0) is 33.0. The number of hydrogen-bond donors (Lipinski definition) is 10. The molecule has 0 radical (unpaired) electrons. The van der Waals surface area contributed by atoms with E-state index in [0.717, 1.165) is 17.1 Å². The molecule has 45 heavy (non-hydrogen) atoms. The van der Waals surface area contributed by atoms with Gasteiger partial charge < -0.3 is 75.0 Å². The fraction of sp³-hybridized carbons (Fsp3) is 0.808. The topological polar surface area (TPSA) is 295 Å². The van der Waals surface area contributed by atoms with Gasteiger partial charge in [0.2, 0.25) is 5.91 Å². The highest BCUT2D eigenvalue weighted by molar-refractivity contribution is 6.12. The van der Waals surface area contributed by atoms with E-state index in [1.165, 1.54) is 0 Å². The lowest BCUT2D eigenvalue weighted by Crippen LogP contribution is -2.68. The van der Waals surface area contributed by atoms with E-state index in [4.69, 9.17) is 23.7 Å². The van der Waals surface area contributed by atoms with E-state index in [0.29, 0.717) is 0 Å². The Hall–Kier alpha value is -2.21. The molecule has 0 bridgehead atoms. The number of ether oxygens (including phenoxy) is 5. The monoisotopic (exact) mass is 652 g/mol. The highest BCUT2D eigenvalue weighted by Gasteiger charge is 2.53. The van der Waals surface area contributed by atoms with Crippen LogP contribution in [0.25, 0.3) is 0 Å². The van der Waals surface area contributed by atoms with Gasteiger partial charge in [-0.2, -0.15) is 0 Å². The molecule has 0 spiro atoms. The molecule has 4 aliphatic heterocycles. The van der Waals surface area contributed by atoms with Gasteiger partial charge in [0.1, 0.15) is 73.2 Å². The second kappa shape index (κ2) is 15.6. The molecule has 19 heteroatoms. The third-order valence-corrected chi connectivity index (χ3v) is 8.06. The smallest absolute Gasteiger partial charge is 0.253 e. The van der Waals surface area contributed by atoms with Crippen LogP contribution in [0.1, 0.15) is 12.8 Å². The van der Waals surface area contributed by atoms with Crippen LogP contribution in [-0.4, -0.2) is 187 Å². The molecule has 4 aliphatic rings. The van der Waals surface area contributed by atoms with Gasteiger partial charge in [-0.15, -0.1) is 0 Å². The highest BCUT2D eigenvalue weighted by Crippen LogP contribution is 2.31. The van der Waals surface area contributed by atoms with Crippen LogP contribution < -0.4 is 5.32 Å². The lowest BCUT2D eigenvalue weighted by Gasteiger charge is -2.48. The molecule has 4 heterocycles. The Kier molecular flexibility index (Phi) is 12.3. The van der Waals surface area contributed by atoms with Crippen molar-refractivity contribution in [2.45, 2.75) is 98.6 Å². The molecule has 4 rings (SSSR count). The minimum absolute atomic E-state index is 0.0479. The third-order valence-electron chi connectivity index (χ3n) is 8.06. The number of aliphatic hydroxyl groups excluding tert-OH is 9. The molecule has 0 aromatic heterocycles. The van der Waals surface area contributed by atoms with Crippen LogP contribution in [-0.2, 0) is 38.1 Å². The number of amides is 3. The van der Waals surface area contributed by atoms with Crippen LogP contribution in [0.4, 0.5) is 0 Å². The molecule has 256 valence electrons. The summed E-state index contributed by atoms with van der Waals surface area (Å²) in [5.74, 6) is -1.77. The van der Waals surface area contributed by atoms with Gasteiger partial charge in [-0.25, -0.2) is 0 Å². The summed E-state index contributed by atoms with van der Waals surface area (Å²) in [7, 11) is 0. The van der Waals surface area contributed by atoms with Gasteiger partial charge in [0, 0.05) is 25.1 Å². The number of carbonyl (C=O) groups is 3. The zero-order valence-electron chi connectivity index (χ0n) is 23.9. The van der Waals surface area contributed by atoms with Crippen LogP contribution in [0.3, 0.4) is 0 Å². The first-order valence-electron chi connectivity index (χ1n) is 14.4. The van der Waals surface area contributed by atoms with Crippen molar-refractivity contribution >= 4 is 17.7 Å². The molecular formula is C26H40N2O17. The lowest BCUT2D eigenvalue weighted by atomic mass is 9.95.